The van der Waals surface area contributed by atoms with E-state index in [1.165, 1.54) is 18.7 Å². The van der Waals surface area contributed by atoms with Crippen LogP contribution in [0.25, 0.3) is 21.8 Å². The van der Waals surface area contributed by atoms with E-state index in [0.29, 0.717) is 33.5 Å². The molecule has 1 aliphatic heterocycles. The van der Waals surface area contributed by atoms with Crippen molar-refractivity contribution in [2.45, 2.75) is 33.4 Å². The highest BCUT2D eigenvalue weighted by Crippen LogP contribution is 2.32. The van der Waals surface area contributed by atoms with Crippen LogP contribution in [0.15, 0.2) is 71.9 Å². The molecular weight excluding hydrogens is 560 g/mol. The Labute approximate surface area is 246 Å². The van der Waals surface area contributed by atoms with Crippen LogP contribution in [0, 0.1) is 5.92 Å². The predicted molar refractivity (Wildman–Crippen MR) is 163 cm³/mol. The molecule has 210 valence electrons. The van der Waals surface area contributed by atoms with Crippen molar-refractivity contribution < 1.29 is 28.7 Å². The summed E-state index contributed by atoms with van der Waals surface area (Å²) in [6.45, 7) is 5.39. The van der Waals surface area contributed by atoms with Gasteiger partial charge in [0.1, 0.15) is 12.7 Å². The molecule has 0 saturated carbocycles. The number of ketones is 1. The number of nitrogens with zero attached hydrogens (tertiary/aromatic N) is 2. The molecule has 1 saturated heterocycles. The van der Waals surface area contributed by atoms with Gasteiger partial charge in [0.2, 0.25) is 4.38 Å². The SMILES string of the molecule is CC(=O)O/N=C(/C)c1ccc2c(c1)c1cc(C(=O)c3ccccc3)ccc1n2CC(C)C(=O)OCC1CSC(=S)O1. The minimum absolute atomic E-state index is 0.0825. The highest BCUT2D eigenvalue weighted by atomic mass is 32.2. The van der Waals surface area contributed by atoms with Crippen LogP contribution < -0.4 is 0 Å². The van der Waals surface area contributed by atoms with Crippen LogP contribution in [0.1, 0.15) is 42.3 Å². The number of fused-ring (bicyclic) bond motifs is 3. The van der Waals surface area contributed by atoms with E-state index in [4.69, 9.17) is 26.5 Å². The maximum absolute atomic E-state index is 13.3. The molecule has 2 unspecified atom stereocenters. The zero-order chi connectivity index (χ0) is 29.1. The van der Waals surface area contributed by atoms with Gasteiger partial charge in [-0.1, -0.05) is 60.2 Å². The van der Waals surface area contributed by atoms with E-state index in [0.717, 1.165) is 27.4 Å². The standard InChI is InChI=1S/C31H28N2O6S2/c1-18(30(36)37-16-24-17-41-31(40)38-24)15-33-27-11-9-22(19(2)32-39-20(3)34)13-25(27)26-14-23(10-12-28(26)33)29(35)21-7-5-4-6-8-21/h4-14,18,24H,15-17H2,1-3H3/b32-19-. The summed E-state index contributed by atoms with van der Waals surface area (Å²) in [6, 6.07) is 20.5. The number of ether oxygens (including phenoxy) is 2. The molecule has 1 fully saturated rings. The molecular formula is C31H28N2O6S2. The minimum Gasteiger partial charge on any atom is -0.471 e. The molecule has 10 heteroatoms. The first-order valence-corrected chi connectivity index (χ1v) is 14.5. The third-order valence-corrected chi connectivity index (χ3v) is 8.13. The third-order valence-electron chi connectivity index (χ3n) is 6.81. The van der Waals surface area contributed by atoms with E-state index >= 15 is 0 Å². The van der Waals surface area contributed by atoms with Gasteiger partial charge in [-0.05, 0) is 55.0 Å². The van der Waals surface area contributed by atoms with Gasteiger partial charge in [0, 0.05) is 52.2 Å². The van der Waals surface area contributed by atoms with Gasteiger partial charge in [0.15, 0.2) is 5.78 Å². The van der Waals surface area contributed by atoms with Crippen LogP contribution in [0.4, 0.5) is 0 Å². The Bertz CT molecular complexity index is 1700. The van der Waals surface area contributed by atoms with E-state index in [-0.39, 0.29) is 24.5 Å². The summed E-state index contributed by atoms with van der Waals surface area (Å²) < 4.78 is 13.6. The number of aromatic nitrogens is 1. The van der Waals surface area contributed by atoms with E-state index in [9.17, 15) is 14.4 Å². The van der Waals surface area contributed by atoms with Crippen molar-refractivity contribution in [2.24, 2.45) is 11.1 Å². The lowest BCUT2D eigenvalue weighted by Gasteiger charge is -2.16. The fourth-order valence-electron chi connectivity index (χ4n) is 4.72. The fraction of sp³-hybridized carbons (Fsp3) is 0.258. The second kappa shape index (κ2) is 12.2. The molecule has 2 heterocycles. The Morgan fingerprint density at radius 1 is 1.00 bits per heavy atom. The summed E-state index contributed by atoms with van der Waals surface area (Å²) in [7, 11) is 0. The van der Waals surface area contributed by atoms with E-state index in [2.05, 4.69) is 9.72 Å². The molecule has 0 N–H and O–H groups in total. The van der Waals surface area contributed by atoms with Gasteiger partial charge >= 0.3 is 11.9 Å². The van der Waals surface area contributed by atoms with Crippen molar-refractivity contribution in [3.63, 3.8) is 0 Å². The number of hydrogen-bond acceptors (Lipinski definition) is 9. The van der Waals surface area contributed by atoms with Crippen molar-refractivity contribution >= 4 is 73.6 Å². The summed E-state index contributed by atoms with van der Waals surface area (Å²) in [5.41, 5.74) is 4.20. The number of thioether (sulfide) groups is 1. The second-order valence-corrected chi connectivity index (χ2v) is 11.5. The van der Waals surface area contributed by atoms with E-state index in [1.54, 1.807) is 19.1 Å². The molecule has 1 aromatic heterocycles. The van der Waals surface area contributed by atoms with E-state index in [1.807, 2.05) is 61.5 Å². The monoisotopic (exact) mass is 588 g/mol. The summed E-state index contributed by atoms with van der Waals surface area (Å²) >= 11 is 6.48. The quantitative estimate of drug-likeness (QED) is 0.0595. The van der Waals surface area contributed by atoms with Crippen molar-refractivity contribution in [3.05, 3.63) is 83.4 Å². The molecule has 0 bridgehead atoms. The Balaban J connectivity index is 1.51. The van der Waals surface area contributed by atoms with Gasteiger partial charge in [-0.3, -0.25) is 9.59 Å². The molecule has 0 spiro atoms. The van der Waals surface area contributed by atoms with Crippen LogP contribution in [-0.2, 0) is 30.4 Å². The van der Waals surface area contributed by atoms with Gasteiger partial charge in [0.25, 0.3) is 0 Å². The van der Waals surface area contributed by atoms with Gasteiger partial charge in [-0.25, -0.2) is 4.79 Å². The summed E-state index contributed by atoms with van der Waals surface area (Å²) in [5.74, 6) is -0.704. The summed E-state index contributed by atoms with van der Waals surface area (Å²) in [4.78, 5) is 42.3. The van der Waals surface area contributed by atoms with Crippen LogP contribution in [-0.4, -0.2) is 50.8 Å². The second-order valence-electron chi connectivity index (χ2n) is 9.86. The highest BCUT2D eigenvalue weighted by molar-refractivity contribution is 8.22. The van der Waals surface area contributed by atoms with Crippen LogP contribution >= 0.6 is 24.0 Å². The number of benzene rings is 3. The molecule has 2 atom stereocenters. The third kappa shape index (κ3) is 6.34. The summed E-state index contributed by atoms with van der Waals surface area (Å²) in [5, 5.41) is 5.66. The number of thiocarbonyl (C=S) groups is 1. The number of carbonyl (C=O) groups is 3. The van der Waals surface area contributed by atoms with Gasteiger partial charge < -0.3 is 18.9 Å². The number of hydrogen-bond donors (Lipinski definition) is 0. The first-order valence-electron chi connectivity index (χ1n) is 13.1. The lowest BCUT2D eigenvalue weighted by Crippen LogP contribution is -2.25. The lowest BCUT2D eigenvalue weighted by molar-refractivity contribution is -0.150. The lowest BCUT2D eigenvalue weighted by atomic mass is 10.0. The maximum atomic E-state index is 13.3. The Morgan fingerprint density at radius 3 is 2.29 bits per heavy atom. The molecule has 0 amide bonds. The Morgan fingerprint density at radius 2 is 1.66 bits per heavy atom. The Kier molecular flexibility index (Phi) is 8.51. The van der Waals surface area contributed by atoms with Crippen molar-refractivity contribution in [1.29, 1.82) is 0 Å². The molecule has 4 aromatic rings. The number of esters is 1. The van der Waals surface area contributed by atoms with Crippen molar-refractivity contribution in [2.75, 3.05) is 12.4 Å². The topological polar surface area (TPSA) is 96.2 Å². The normalized spacial score (nSPS) is 16.0. The van der Waals surface area contributed by atoms with Crippen molar-refractivity contribution in [1.82, 2.24) is 4.57 Å². The minimum atomic E-state index is -0.507. The van der Waals surface area contributed by atoms with Crippen LogP contribution in [0.3, 0.4) is 0 Å². The average molecular weight is 589 g/mol. The number of rotatable bonds is 9. The zero-order valence-electron chi connectivity index (χ0n) is 22.8. The highest BCUT2D eigenvalue weighted by Gasteiger charge is 2.25. The van der Waals surface area contributed by atoms with Gasteiger partial charge in [0.05, 0.1) is 11.6 Å². The number of oxime groups is 1. The largest absolute Gasteiger partial charge is 0.471 e. The average Bonchev–Trinajstić information content (AvgIpc) is 3.54. The molecule has 1 aliphatic rings. The molecule has 41 heavy (non-hydrogen) atoms. The molecule has 0 radical (unpaired) electrons. The number of carbonyl (C=O) groups excluding carboxylic acids is 3. The van der Waals surface area contributed by atoms with Crippen LogP contribution in [0.5, 0.6) is 0 Å². The van der Waals surface area contributed by atoms with Gasteiger partial charge in [-0.2, -0.15) is 0 Å². The molecule has 8 nitrogen and oxygen atoms in total. The Hall–Kier alpha value is -4.02. The predicted octanol–water partition coefficient (Wildman–Crippen LogP) is 5.91. The zero-order valence-corrected chi connectivity index (χ0v) is 24.4. The van der Waals surface area contributed by atoms with Gasteiger partial charge in [-0.15, -0.1) is 0 Å². The fourth-order valence-corrected chi connectivity index (χ4v) is 5.75. The first-order chi connectivity index (χ1) is 19.7. The van der Waals surface area contributed by atoms with Crippen molar-refractivity contribution in [3.8, 4) is 0 Å². The smallest absolute Gasteiger partial charge is 0.331 e. The molecule has 3 aromatic carbocycles. The maximum Gasteiger partial charge on any atom is 0.331 e. The van der Waals surface area contributed by atoms with E-state index < -0.39 is 11.9 Å². The first kappa shape index (κ1) is 28.5. The molecule has 5 rings (SSSR count). The molecule has 0 aliphatic carbocycles. The van der Waals surface area contributed by atoms with Crippen LogP contribution in [0.2, 0.25) is 0 Å². The summed E-state index contributed by atoms with van der Waals surface area (Å²) in [6.07, 6.45) is -0.229.